The van der Waals surface area contributed by atoms with Crippen molar-refractivity contribution in [1.29, 1.82) is 0 Å². The summed E-state index contributed by atoms with van der Waals surface area (Å²) in [7, 11) is 0. The van der Waals surface area contributed by atoms with Crippen molar-refractivity contribution in [3.05, 3.63) is 29.8 Å². The van der Waals surface area contributed by atoms with E-state index in [9.17, 15) is 4.79 Å². The summed E-state index contributed by atoms with van der Waals surface area (Å²) in [6.45, 7) is 4.26. The summed E-state index contributed by atoms with van der Waals surface area (Å²) in [6, 6.07) is 8.48. The van der Waals surface area contributed by atoms with Gasteiger partial charge in [-0.3, -0.25) is 4.79 Å². The van der Waals surface area contributed by atoms with Gasteiger partial charge in [-0.25, -0.2) is 0 Å². The molecule has 2 unspecified atom stereocenters. The maximum Gasteiger partial charge on any atom is 0.241 e. The molecule has 2 nitrogen and oxygen atoms in total. The first-order valence-corrected chi connectivity index (χ1v) is 9.04. The zero-order valence-electron chi connectivity index (χ0n) is 12.9. The van der Waals surface area contributed by atoms with E-state index in [-0.39, 0.29) is 16.3 Å². The highest BCUT2D eigenvalue weighted by Crippen LogP contribution is 2.49. The van der Waals surface area contributed by atoms with E-state index in [2.05, 4.69) is 52.0 Å². The minimum Gasteiger partial charge on any atom is -0.305 e. The molecular weight excluding hydrogens is 326 g/mol. The molecule has 0 saturated heterocycles. The minimum absolute atomic E-state index is 0.0468. The van der Waals surface area contributed by atoms with Gasteiger partial charge in [-0.15, -0.1) is 0 Å². The fourth-order valence-electron chi connectivity index (χ4n) is 4.30. The Morgan fingerprint density at radius 2 is 1.95 bits per heavy atom. The molecule has 114 valence electrons. The summed E-state index contributed by atoms with van der Waals surface area (Å²) in [6.07, 6.45) is 7.21. The Labute approximate surface area is 136 Å². The highest BCUT2D eigenvalue weighted by molar-refractivity contribution is 9.10. The number of carbonyl (C=O) groups is 1. The highest BCUT2D eigenvalue weighted by Gasteiger charge is 2.47. The van der Waals surface area contributed by atoms with E-state index >= 15 is 0 Å². The molecule has 1 heterocycles. The van der Waals surface area contributed by atoms with E-state index in [0.717, 1.165) is 24.9 Å². The Kier molecular flexibility index (Phi) is 4.13. The first-order valence-electron chi connectivity index (χ1n) is 8.12. The van der Waals surface area contributed by atoms with E-state index in [1.807, 2.05) is 6.92 Å². The van der Waals surface area contributed by atoms with Gasteiger partial charge in [0.25, 0.3) is 0 Å². The molecule has 0 radical (unpaired) electrons. The molecule has 1 amide bonds. The van der Waals surface area contributed by atoms with Crippen molar-refractivity contribution in [3.8, 4) is 0 Å². The molecule has 1 aromatic rings. The van der Waals surface area contributed by atoms with Crippen molar-refractivity contribution in [2.24, 2.45) is 0 Å². The van der Waals surface area contributed by atoms with Gasteiger partial charge in [-0.05, 0) is 43.7 Å². The number of amides is 1. The lowest BCUT2D eigenvalue weighted by atomic mass is 9.70. The van der Waals surface area contributed by atoms with Crippen LogP contribution in [0.25, 0.3) is 0 Å². The Balaban J connectivity index is 2.11. The third-order valence-corrected chi connectivity index (χ3v) is 5.61. The fraction of sp³-hybridized carbons (Fsp3) is 0.611. The number of halogens is 1. The van der Waals surface area contributed by atoms with Gasteiger partial charge in [0.15, 0.2) is 0 Å². The molecule has 2 aliphatic rings. The van der Waals surface area contributed by atoms with Crippen LogP contribution in [0.1, 0.15) is 63.9 Å². The van der Waals surface area contributed by atoms with E-state index in [1.54, 1.807) is 0 Å². The van der Waals surface area contributed by atoms with Gasteiger partial charge in [-0.2, -0.15) is 0 Å². The monoisotopic (exact) mass is 349 g/mol. The number of hydrogen-bond acceptors (Lipinski definition) is 1. The van der Waals surface area contributed by atoms with E-state index in [0.29, 0.717) is 5.92 Å². The zero-order chi connectivity index (χ0) is 15.0. The molecule has 0 aromatic heterocycles. The van der Waals surface area contributed by atoms with E-state index in [4.69, 9.17) is 0 Å². The molecule has 1 saturated carbocycles. The Hall–Kier alpha value is -0.830. The first kappa shape index (κ1) is 15.1. The molecule has 3 heteroatoms. The number of alkyl halides is 1. The predicted molar refractivity (Wildman–Crippen MR) is 91.2 cm³/mol. The number of nitrogens with zero attached hydrogens (tertiary/aromatic N) is 1. The first-order chi connectivity index (χ1) is 10.1. The lowest BCUT2D eigenvalue weighted by molar-refractivity contribution is -0.119. The van der Waals surface area contributed by atoms with E-state index < -0.39 is 0 Å². The zero-order valence-corrected chi connectivity index (χ0v) is 14.5. The van der Waals surface area contributed by atoms with Crippen LogP contribution < -0.4 is 4.90 Å². The fourth-order valence-corrected chi connectivity index (χ4v) is 4.51. The third kappa shape index (κ3) is 2.54. The van der Waals surface area contributed by atoms with Crippen molar-refractivity contribution in [3.63, 3.8) is 0 Å². The topological polar surface area (TPSA) is 20.3 Å². The molecule has 0 bridgehead atoms. The van der Waals surface area contributed by atoms with Gasteiger partial charge in [0.2, 0.25) is 5.91 Å². The second-order valence-corrected chi connectivity index (χ2v) is 8.11. The molecule has 21 heavy (non-hydrogen) atoms. The normalized spacial score (nSPS) is 25.5. The SMILES string of the molecule is CC(Br)C(=O)N1c2ccccc2C(C)CC12CCCCC2. The summed E-state index contributed by atoms with van der Waals surface area (Å²) in [5, 5.41) is 0. The second kappa shape index (κ2) is 5.75. The molecule has 1 spiro atoms. The van der Waals surface area contributed by atoms with Crippen LogP contribution in [0, 0.1) is 0 Å². The van der Waals surface area contributed by atoms with Gasteiger partial charge in [0.05, 0.1) is 4.83 Å². The maximum atomic E-state index is 12.9. The molecule has 1 aliphatic carbocycles. The van der Waals surface area contributed by atoms with Gasteiger partial charge in [0, 0.05) is 11.2 Å². The number of rotatable bonds is 1. The van der Waals surface area contributed by atoms with Crippen LogP contribution in [-0.2, 0) is 4.79 Å². The maximum absolute atomic E-state index is 12.9. The van der Waals surface area contributed by atoms with Crippen molar-refractivity contribution < 1.29 is 4.79 Å². The largest absolute Gasteiger partial charge is 0.305 e. The average Bonchev–Trinajstić information content (AvgIpc) is 2.48. The molecule has 3 rings (SSSR count). The molecule has 1 aliphatic heterocycles. The summed E-state index contributed by atoms with van der Waals surface area (Å²) >= 11 is 3.50. The molecule has 1 fully saturated rings. The number of para-hydroxylation sites is 1. The number of hydrogen-bond donors (Lipinski definition) is 0. The van der Waals surface area contributed by atoms with Gasteiger partial charge in [0.1, 0.15) is 0 Å². The van der Waals surface area contributed by atoms with Crippen molar-refractivity contribution in [2.45, 2.75) is 68.7 Å². The lowest BCUT2D eigenvalue weighted by Gasteiger charge is -2.52. The second-order valence-electron chi connectivity index (χ2n) is 6.74. The summed E-state index contributed by atoms with van der Waals surface area (Å²) in [5.41, 5.74) is 2.52. The Morgan fingerprint density at radius 1 is 1.29 bits per heavy atom. The van der Waals surface area contributed by atoms with Crippen LogP contribution in [0.5, 0.6) is 0 Å². The van der Waals surface area contributed by atoms with Gasteiger partial charge < -0.3 is 4.90 Å². The smallest absolute Gasteiger partial charge is 0.241 e. The summed E-state index contributed by atoms with van der Waals surface area (Å²) in [4.78, 5) is 14.9. The van der Waals surface area contributed by atoms with Crippen LogP contribution in [-0.4, -0.2) is 16.3 Å². The molecule has 2 atom stereocenters. The van der Waals surface area contributed by atoms with E-state index in [1.165, 1.54) is 24.8 Å². The highest BCUT2D eigenvalue weighted by atomic mass is 79.9. The molecule has 0 N–H and O–H groups in total. The minimum atomic E-state index is -0.127. The van der Waals surface area contributed by atoms with Crippen LogP contribution >= 0.6 is 15.9 Å². The quantitative estimate of drug-likeness (QED) is 0.652. The third-order valence-electron chi connectivity index (χ3n) is 5.21. The number of benzene rings is 1. The number of carbonyl (C=O) groups excluding carboxylic acids is 1. The standard InChI is InChI=1S/C18H24BrNO/c1-13-12-18(10-6-3-7-11-18)20(17(21)14(2)19)16-9-5-4-8-15(13)16/h4-5,8-9,13-14H,3,6-7,10-12H2,1-2H3. The lowest BCUT2D eigenvalue weighted by Crippen LogP contribution is -2.58. The summed E-state index contributed by atoms with van der Waals surface area (Å²) in [5.74, 6) is 0.755. The van der Waals surface area contributed by atoms with Crippen LogP contribution in [0.4, 0.5) is 5.69 Å². The van der Waals surface area contributed by atoms with Crippen molar-refractivity contribution >= 4 is 27.5 Å². The van der Waals surface area contributed by atoms with Crippen molar-refractivity contribution in [2.75, 3.05) is 4.90 Å². The van der Waals surface area contributed by atoms with Crippen LogP contribution in [0.2, 0.25) is 0 Å². The Morgan fingerprint density at radius 3 is 2.62 bits per heavy atom. The Bertz CT molecular complexity index is 534. The average molecular weight is 350 g/mol. The van der Waals surface area contributed by atoms with Gasteiger partial charge >= 0.3 is 0 Å². The van der Waals surface area contributed by atoms with Crippen molar-refractivity contribution in [1.82, 2.24) is 0 Å². The van der Waals surface area contributed by atoms with Gasteiger partial charge in [-0.1, -0.05) is 60.3 Å². The summed E-state index contributed by atoms with van der Waals surface area (Å²) < 4.78 is 0. The molecular formula is C18H24BrNO. The predicted octanol–water partition coefficient (Wildman–Crippen LogP) is 5.01. The number of anilines is 1. The number of fused-ring (bicyclic) bond motifs is 1. The van der Waals surface area contributed by atoms with Crippen LogP contribution in [0.15, 0.2) is 24.3 Å². The molecule has 1 aromatic carbocycles. The van der Waals surface area contributed by atoms with Crippen LogP contribution in [0.3, 0.4) is 0 Å².